The standard InChI is InChI=1S/C17H18N2O5/c1-17(16(23)24)7-4-8-18(10-17)13(20)9-19-14(21)11-5-2-3-6-12(11)15(19)22/h2-3,5-6H,4,7-10H2,1H3,(H,23,24). The van der Waals surface area contributed by atoms with Crippen molar-refractivity contribution in [2.45, 2.75) is 19.8 Å². The Morgan fingerprint density at radius 1 is 1.17 bits per heavy atom. The number of carbonyl (C=O) groups excluding carboxylic acids is 3. The van der Waals surface area contributed by atoms with Gasteiger partial charge in [-0.05, 0) is 31.9 Å². The molecule has 2 heterocycles. The van der Waals surface area contributed by atoms with Gasteiger partial charge < -0.3 is 10.0 Å². The number of piperidine rings is 1. The van der Waals surface area contributed by atoms with Crippen LogP contribution in [0.2, 0.25) is 0 Å². The Bertz CT molecular complexity index is 709. The summed E-state index contributed by atoms with van der Waals surface area (Å²) in [6, 6.07) is 6.45. The number of amides is 3. The molecular weight excluding hydrogens is 312 g/mol. The minimum absolute atomic E-state index is 0.0876. The second kappa shape index (κ2) is 5.74. The molecule has 1 aromatic rings. The van der Waals surface area contributed by atoms with Crippen LogP contribution >= 0.6 is 0 Å². The third-order valence-electron chi connectivity index (χ3n) is 4.74. The Labute approximate surface area is 138 Å². The van der Waals surface area contributed by atoms with Crippen LogP contribution in [0.5, 0.6) is 0 Å². The second-order valence-corrected chi connectivity index (χ2v) is 6.53. The predicted molar refractivity (Wildman–Crippen MR) is 83.4 cm³/mol. The van der Waals surface area contributed by atoms with Crippen LogP contribution in [0.1, 0.15) is 40.5 Å². The third-order valence-corrected chi connectivity index (χ3v) is 4.74. The van der Waals surface area contributed by atoms with Crippen LogP contribution < -0.4 is 0 Å². The van der Waals surface area contributed by atoms with E-state index in [0.717, 1.165) is 4.90 Å². The highest BCUT2D eigenvalue weighted by Gasteiger charge is 2.41. The highest BCUT2D eigenvalue weighted by molar-refractivity contribution is 6.22. The molecule has 1 N–H and O–H groups in total. The molecule has 7 heteroatoms. The van der Waals surface area contributed by atoms with Gasteiger partial charge in [-0.25, -0.2) is 0 Å². The molecule has 2 aliphatic rings. The quantitative estimate of drug-likeness (QED) is 0.834. The number of carboxylic acids is 1. The van der Waals surface area contributed by atoms with Gasteiger partial charge in [0.1, 0.15) is 6.54 Å². The second-order valence-electron chi connectivity index (χ2n) is 6.53. The number of likely N-dealkylation sites (tertiary alicyclic amines) is 1. The topological polar surface area (TPSA) is 95.0 Å². The maximum Gasteiger partial charge on any atom is 0.311 e. The maximum absolute atomic E-state index is 12.5. The number of fused-ring (bicyclic) bond motifs is 1. The molecule has 0 spiro atoms. The molecule has 1 aromatic carbocycles. The van der Waals surface area contributed by atoms with Crippen LogP contribution in [0, 0.1) is 5.41 Å². The molecule has 0 bridgehead atoms. The largest absolute Gasteiger partial charge is 0.481 e. The SMILES string of the molecule is CC1(C(=O)O)CCCN(C(=O)CN2C(=O)c3ccccc3C2=O)C1. The molecule has 3 rings (SSSR count). The van der Waals surface area contributed by atoms with E-state index in [0.29, 0.717) is 30.5 Å². The van der Waals surface area contributed by atoms with E-state index in [1.54, 1.807) is 31.2 Å². The van der Waals surface area contributed by atoms with Gasteiger partial charge >= 0.3 is 5.97 Å². The van der Waals surface area contributed by atoms with Gasteiger partial charge in [0.25, 0.3) is 11.8 Å². The van der Waals surface area contributed by atoms with Crippen LogP contribution in [0.3, 0.4) is 0 Å². The molecule has 0 aliphatic carbocycles. The maximum atomic E-state index is 12.5. The van der Waals surface area contributed by atoms with E-state index in [-0.39, 0.29) is 13.1 Å². The van der Waals surface area contributed by atoms with Gasteiger partial charge in [0.15, 0.2) is 0 Å². The van der Waals surface area contributed by atoms with Crippen LogP contribution in [-0.2, 0) is 9.59 Å². The summed E-state index contributed by atoms with van der Waals surface area (Å²) >= 11 is 0. The van der Waals surface area contributed by atoms with Crippen LogP contribution in [0.15, 0.2) is 24.3 Å². The minimum Gasteiger partial charge on any atom is -0.481 e. The molecule has 0 saturated carbocycles. The van der Waals surface area contributed by atoms with Crippen molar-refractivity contribution in [3.8, 4) is 0 Å². The van der Waals surface area contributed by atoms with Crippen molar-refractivity contribution in [2.24, 2.45) is 5.41 Å². The average Bonchev–Trinajstić information content (AvgIpc) is 2.80. The Morgan fingerprint density at radius 2 is 1.75 bits per heavy atom. The van der Waals surface area contributed by atoms with Gasteiger partial charge in [-0.3, -0.25) is 24.1 Å². The van der Waals surface area contributed by atoms with E-state index in [1.807, 2.05) is 0 Å². The Kier molecular flexibility index (Phi) is 3.87. The van der Waals surface area contributed by atoms with E-state index >= 15 is 0 Å². The lowest BCUT2D eigenvalue weighted by Crippen LogP contribution is -2.51. The molecule has 1 unspecified atom stereocenters. The summed E-state index contributed by atoms with van der Waals surface area (Å²) in [7, 11) is 0. The number of benzene rings is 1. The number of hydrogen-bond donors (Lipinski definition) is 1. The fraction of sp³-hybridized carbons (Fsp3) is 0.412. The highest BCUT2D eigenvalue weighted by Crippen LogP contribution is 2.30. The smallest absolute Gasteiger partial charge is 0.311 e. The number of carbonyl (C=O) groups is 4. The normalized spacial score (nSPS) is 23.4. The average molecular weight is 330 g/mol. The van der Waals surface area contributed by atoms with Gasteiger partial charge in [-0.15, -0.1) is 0 Å². The first-order valence-electron chi connectivity index (χ1n) is 7.80. The Balaban J connectivity index is 1.73. The van der Waals surface area contributed by atoms with Gasteiger partial charge in [-0.1, -0.05) is 12.1 Å². The number of aliphatic carboxylic acids is 1. The van der Waals surface area contributed by atoms with Gasteiger partial charge in [0, 0.05) is 13.1 Å². The van der Waals surface area contributed by atoms with E-state index < -0.39 is 29.1 Å². The number of nitrogens with zero attached hydrogens (tertiary/aromatic N) is 2. The van der Waals surface area contributed by atoms with E-state index in [9.17, 15) is 24.3 Å². The van der Waals surface area contributed by atoms with Crippen molar-refractivity contribution in [1.82, 2.24) is 9.80 Å². The monoisotopic (exact) mass is 330 g/mol. The fourth-order valence-electron chi connectivity index (χ4n) is 3.24. The Morgan fingerprint density at radius 3 is 2.29 bits per heavy atom. The molecule has 1 atom stereocenters. The van der Waals surface area contributed by atoms with Crippen molar-refractivity contribution in [1.29, 1.82) is 0 Å². The minimum atomic E-state index is -0.990. The van der Waals surface area contributed by atoms with E-state index in [4.69, 9.17) is 0 Å². The zero-order chi connectivity index (χ0) is 17.5. The lowest BCUT2D eigenvalue weighted by Gasteiger charge is -2.38. The number of carboxylic acid groups (broad SMARTS) is 1. The van der Waals surface area contributed by atoms with Crippen molar-refractivity contribution in [3.63, 3.8) is 0 Å². The van der Waals surface area contributed by atoms with E-state index in [1.165, 1.54) is 4.90 Å². The van der Waals surface area contributed by atoms with Gasteiger partial charge in [0.05, 0.1) is 16.5 Å². The number of imide groups is 1. The Hall–Kier alpha value is -2.70. The summed E-state index contributed by atoms with van der Waals surface area (Å²) in [5.74, 6) is -2.32. The molecule has 24 heavy (non-hydrogen) atoms. The highest BCUT2D eigenvalue weighted by atomic mass is 16.4. The third kappa shape index (κ3) is 2.55. The first-order chi connectivity index (χ1) is 11.3. The molecule has 2 aliphatic heterocycles. The van der Waals surface area contributed by atoms with E-state index in [2.05, 4.69) is 0 Å². The molecular formula is C17H18N2O5. The summed E-state index contributed by atoms with van der Waals surface area (Å²) in [5.41, 5.74) is -0.399. The van der Waals surface area contributed by atoms with Crippen molar-refractivity contribution < 1.29 is 24.3 Å². The summed E-state index contributed by atoms with van der Waals surface area (Å²) < 4.78 is 0. The van der Waals surface area contributed by atoms with Crippen LogP contribution in [0.25, 0.3) is 0 Å². The number of rotatable bonds is 3. The van der Waals surface area contributed by atoms with Crippen molar-refractivity contribution in [2.75, 3.05) is 19.6 Å². The van der Waals surface area contributed by atoms with Crippen LogP contribution in [-0.4, -0.2) is 58.2 Å². The molecule has 0 aromatic heterocycles. The molecule has 3 amide bonds. The zero-order valence-corrected chi connectivity index (χ0v) is 13.3. The molecule has 0 radical (unpaired) electrons. The summed E-state index contributed by atoms with van der Waals surface area (Å²) in [4.78, 5) is 50.8. The zero-order valence-electron chi connectivity index (χ0n) is 13.3. The first kappa shape index (κ1) is 16.2. The van der Waals surface area contributed by atoms with Gasteiger partial charge in [0.2, 0.25) is 5.91 Å². The summed E-state index contributed by atoms with van der Waals surface area (Å²) in [6.45, 7) is 1.77. The lowest BCUT2D eigenvalue weighted by atomic mass is 9.82. The molecule has 1 fully saturated rings. The van der Waals surface area contributed by atoms with Crippen molar-refractivity contribution in [3.05, 3.63) is 35.4 Å². The summed E-state index contributed by atoms with van der Waals surface area (Å²) in [6.07, 6.45) is 1.08. The number of hydrogen-bond acceptors (Lipinski definition) is 4. The lowest BCUT2D eigenvalue weighted by molar-refractivity contribution is -0.153. The fourth-order valence-corrected chi connectivity index (χ4v) is 3.24. The molecule has 126 valence electrons. The summed E-state index contributed by atoms with van der Waals surface area (Å²) in [5, 5.41) is 9.33. The predicted octanol–water partition coefficient (Wildman–Crippen LogP) is 0.996. The van der Waals surface area contributed by atoms with Crippen molar-refractivity contribution >= 4 is 23.7 Å². The van der Waals surface area contributed by atoms with Gasteiger partial charge in [-0.2, -0.15) is 0 Å². The molecule has 7 nitrogen and oxygen atoms in total. The first-order valence-corrected chi connectivity index (χ1v) is 7.80. The molecule has 1 saturated heterocycles. The van der Waals surface area contributed by atoms with Crippen LogP contribution in [0.4, 0.5) is 0 Å².